The number of carboxylic acids is 1. The van der Waals surface area contributed by atoms with Gasteiger partial charge in [-0.2, -0.15) is 0 Å². The summed E-state index contributed by atoms with van der Waals surface area (Å²) >= 11 is 1.55. The van der Waals surface area contributed by atoms with E-state index in [2.05, 4.69) is 0 Å². The summed E-state index contributed by atoms with van der Waals surface area (Å²) in [5, 5.41) is 8.86. The van der Waals surface area contributed by atoms with Gasteiger partial charge in [-0.3, -0.25) is 0 Å². The number of hydrogen-bond donors (Lipinski definition) is 1. The molecular weight excluding hydrogens is 276 g/mol. The molecule has 0 amide bonds. The van der Waals surface area contributed by atoms with Gasteiger partial charge in [0, 0.05) is 9.79 Å². The topological polar surface area (TPSA) is 55.8 Å². The van der Waals surface area contributed by atoms with Crippen molar-refractivity contribution in [2.75, 3.05) is 13.2 Å². The van der Waals surface area contributed by atoms with Crippen molar-refractivity contribution in [3.63, 3.8) is 0 Å². The number of fused-ring (bicyclic) bond motifs is 1. The molecule has 4 nitrogen and oxygen atoms in total. The average molecular weight is 288 g/mol. The van der Waals surface area contributed by atoms with Gasteiger partial charge < -0.3 is 14.6 Å². The first-order valence-electron chi connectivity index (χ1n) is 6.13. The van der Waals surface area contributed by atoms with E-state index in [9.17, 15) is 4.79 Å². The van der Waals surface area contributed by atoms with Crippen LogP contribution in [0, 0.1) is 0 Å². The molecule has 0 spiro atoms. The molecule has 0 aromatic heterocycles. The van der Waals surface area contributed by atoms with Crippen molar-refractivity contribution in [1.29, 1.82) is 0 Å². The fourth-order valence-electron chi connectivity index (χ4n) is 1.89. The number of ether oxygens (including phenoxy) is 2. The highest BCUT2D eigenvalue weighted by molar-refractivity contribution is 7.99. The van der Waals surface area contributed by atoms with Crippen molar-refractivity contribution in [1.82, 2.24) is 0 Å². The van der Waals surface area contributed by atoms with Crippen molar-refractivity contribution >= 4 is 17.7 Å². The molecule has 2 aromatic rings. The van der Waals surface area contributed by atoms with Gasteiger partial charge in [0.2, 0.25) is 0 Å². The van der Waals surface area contributed by atoms with Gasteiger partial charge in [0.15, 0.2) is 11.5 Å². The second-order valence-electron chi connectivity index (χ2n) is 4.24. The Morgan fingerprint density at radius 1 is 0.950 bits per heavy atom. The Hall–Kier alpha value is -2.14. The number of rotatable bonds is 3. The molecule has 3 rings (SSSR count). The van der Waals surface area contributed by atoms with Crippen LogP contribution in [0.15, 0.2) is 52.3 Å². The predicted molar refractivity (Wildman–Crippen MR) is 75.0 cm³/mol. The summed E-state index contributed by atoms with van der Waals surface area (Å²) in [4.78, 5) is 12.8. The Balaban J connectivity index is 1.78. The number of benzene rings is 2. The number of hydrogen-bond acceptors (Lipinski definition) is 4. The van der Waals surface area contributed by atoms with Crippen LogP contribution in [0.2, 0.25) is 0 Å². The van der Waals surface area contributed by atoms with Crippen molar-refractivity contribution < 1.29 is 19.4 Å². The third kappa shape index (κ3) is 2.72. The van der Waals surface area contributed by atoms with Crippen molar-refractivity contribution in [2.45, 2.75) is 9.79 Å². The van der Waals surface area contributed by atoms with Gasteiger partial charge in [-0.1, -0.05) is 11.8 Å². The van der Waals surface area contributed by atoms with Crippen molar-refractivity contribution in [3.8, 4) is 11.5 Å². The maximum atomic E-state index is 10.8. The first-order valence-corrected chi connectivity index (χ1v) is 6.95. The summed E-state index contributed by atoms with van der Waals surface area (Å²) in [6.45, 7) is 1.14. The molecule has 0 atom stereocenters. The smallest absolute Gasteiger partial charge is 0.335 e. The molecule has 20 heavy (non-hydrogen) atoms. The lowest BCUT2D eigenvalue weighted by Gasteiger charge is -2.18. The van der Waals surface area contributed by atoms with Gasteiger partial charge in [-0.15, -0.1) is 0 Å². The number of carboxylic acid groups (broad SMARTS) is 1. The lowest BCUT2D eigenvalue weighted by molar-refractivity contribution is 0.0697. The zero-order valence-corrected chi connectivity index (χ0v) is 11.4. The summed E-state index contributed by atoms with van der Waals surface area (Å²) in [5.41, 5.74) is 0.288. The molecule has 0 aliphatic carbocycles. The van der Waals surface area contributed by atoms with Gasteiger partial charge in [0.1, 0.15) is 13.2 Å². The zero-order chi connectivity index (χ0) is 13.9. The zero-order valence-electron chi connectivity index (χ0n) is 10.5. The van der Waals surface area contributed by atoms with Crippen LogP contribution in [0.3, 0.4) is 0 Å². The van der Waals surface area contributed by atoms with Crippen LogP contribution >= 0.6 is 11.8 Å². The predicted octanol–water partition coefficient (Wildman–Crippen LogP) is 3.31. The minimum absolute atomic E-state index is 0.288. The third-order valence-corrected chi connectivity index (χ3v) is 3.85. The highest BCUT2D eigenvalue weighted by Gasteiger charge is 2.12. The van der Waals surface area contributed by atoms with Gasteiger partial charge >= 0.3 is 5.97 Å². The summed E-state index contributed by atoms with van der Waals surface area (Å²) in [5.74, 6) is 0.603. The van der Waals surface area contributed by atoms with Crippen LogP contribution in [0.25, 0.3) is 0 Å². The molecule has 102 valence electrons. The highest BCUT2D eigenvalue weighted by atomic mass is 32.2. The lowest BCUT2D eigenvalue weighted by atomic mass is 10.2. The Labute approximate surface area is 120 Å². The molecule has 1 heterocycles. The maximum absolute atomic E-state index is 10.8. The van der Waals surface area contributed by atoms with Gasteiger partial charge in [-0.05, 0) is 42.5 Å². The molecule has 0 saturated carbocycles. The van der Waals surface area contributed by atoms with E-state index in [-0.39, 0.29) is 5.56 Å². The average Bonchev–Trinajstić information content (AvgIpc) is 2.48. The van der Waals surface area contributed by atoms with Gasteiger partial charge in [0.05, 0.1) is 5.56 Å². The quantitative estimate of drug-likeness (QED) is 0.939. The number of carbonyl (C=O) groups is 1. The Morgan fingerprint density at radius 2 is 1.60 bits per heavy atom. The van der Waals surface area contributed by atoms with Crippen LogP contribution in [0.4, 0.5) is 0 Å². The first-order chi connectivity index (χ1) is 9.72. The Bertz CT molecular complexity index is 637. The van der Waals surface area contributed by atoms with Crippen molar-refractivity contribution in [2.24, 2.45) is 0 Å². The van der Waals surface area contributed by atoms with E-state index >= 15 is 0 Å². The lowest BCUT2D eigenvalue weighted by Crippen LogP contribution is -2.15. The van der Waals surface area contributed by atoms with Crippen LogP contribution in [-0.4, -0.2) is 24.3 Å². The second-order valence-corrected chi connectivity index (χ2v) is 5.38. The van der Waals surface area contributed by atoms with E-state index in [0.717, 1.165) is 21.3 Å². The highest BCUT2D eigenvalue weighted by Crippen LogP contribution is 2.36. The van der Waals surface area contributed by atoms with Crippen LogP contribution in [-0.2, 0) is 0 Å². The maximum Gasteiger partial charge on any atom is 0.335 e. The molecule has 0 bridgehead atoms. The summed E-state index contributed by atoms with van der Waals surface area (Å²) in [7, 11) is 0. The summed E-state index contributed by atoms with van der Waals surface area (Å²) in [6, 6.07) is 12.6. The molecule has 1 aliphatic heterocycles. The van der Waals surface area contributed by atoms with E-state index in [1.165, 1.54) is 0 Å². The van der Waals surface area contributed by atoms with E-state index in [1.807, 2.05) is 18.2 Å². The summed E-state index contributed by atoms with van der Waals surface area (Å²) in [6.07, 6.45) is 0. The van der Waals surface area contributed by atoms with E-state index in [1.54, 1.807) is 36.0 Å². The first kappa shape index (κ1) is 12.9. The molecule has 0 fully saturated rings. The Morgan fingerprint density at radius 3 is 2.30 bits per heavy atom. The summed E-state index contributed by atoms with van der Waals surface area (Å²) < 4.78 is 11.0. The van der Waals surface area contributed by atoms with Crippen LogP contribution in [0.1, 0.15) is 10.4 Å². The van der Waals surface area contributed by atoms with Gasteiger partial charge in [0.25, 0.3) is 0 Å². The third-order valence-electron chi connectivity index (χ3n) is 2.85. The molecule has 0 radical (unpaired) electrons. The monoisotopic (exact) mass is 288 g/mol. The molecule has 1 aliphatic rings. The molecular formula is C15H12O4S. The van der Waals surface area contributed by atoms with Crippen molar-refractivity contribution in [3.05, 3.63) is 48.0 Å². The second kappa shape index (κ2) is 5.46. The minimum atomic E-state index is -0.916. The standard InChI is InChI=1S/C15H12O4S/c16-15(17)10-1-3-11(4-2-10)20-12-5-6-13-14(9-12)19-8-7-18-13/h1-6,9H,7-8H2,(H,16,17). The molecule has 0 unspecified atom stereocenters. The minimum Gasteiger partial charge on any atom is -0.486 e. The van der Waals surface area contributed by atoms with E-state index in [0.29, 0.717) is 13.2 Å². The number of aromatic carboxylic acids is 1. The van der Waals surface area contributed by atoms with E-state index in [4.69, 9.17) is 14.6 Å². The fraction of sp³-hybridized carbons (Fsp3) is 0.133. The van der Waals surface area contributed by atoms with Crippen LogP contribution < -0.4 is 9.47 Å². The van der Waals surface area contributed by atoms with E-state index < -0.39 is 5.97 Å². The molecule has 5 heteroatoms. The normalized spacial score (nSPS) is 13.0. The molecule has 0 saturated heterocycles. The largest absolute Gasteiger partial charge is 0.486 e. The Kier molecular flexibility index (Phi) is 3.52. The SMILES string of the molecule is O=C(O)c1ccc(Sc2ccc3c(c2)OCCO3)cc1. The fourth-order valence-corrected chi connectivity index (χ4v) is 2.74. The molecule has 2 aromatic carbocycles. The molecule has 1 N–H and O–H groups in total. The van der Waals surface area contributed by atoms with Crippen LogP contribution in [0.5, 0.6) is 11.5 Å². The van der Waals surface area contributed by atoms with Gasteiger partial charge in [-0.25, -0.2) is 4.79 Å².